The molecule has 0 radical (unpaired) electrons. The van der Waals surface area contributed by atoms with Crippen molar-refractivity contribution < 1.29 is 0 Å². The van der Waals surface area contributed by atoms with Crippen molar-refractivity contribution in [1.82, 2.24) is 0 Å². The fraction of sp³-hybridized carbons (Fsp3) is 0.556. The Kier molecular flexibility index (Phi) is 2.49. The molecule has 1 aromatic carbocycles. The van der Waals surface area contributed by atoms with E-state index in [1.165, 1.54) is 6.42 Å². The summed E-state index contributed by atoms with van der Waals surface area (Å²) in [5, 5.41) is 0. The summed E-state index contributed by atoms with van der Waals surface area (Å²) in [6, 6.07) is 9.15. The molecule has 0 saturated carbocycles. The van der Waals surface area contributed by atoms with Crippen LogP contribution in [0.15, 0.2) is 35.4 Å². The lowest BCUT2D eigenvalue weighted by Crippen LogP contribution is -2.31. The largest absolute Gasteiger partial charge is 0.0651 e. The SMILES string of the molecule is CCC(C)C12C(C)=C1C(C)C(C)c1ccccc12. The Morgan fingerprint density at radius 2 is 1.83 bits per heavy atom. The van der Waals surface area contributed by atoms with Gasteiger partial charge in [-0.15, -0.1) is 0 Å². The first-order valence-electron chi connectivity index (χ1n) is 7.37. The maximum atomic E-state index is 2.43. The van der Waals surface area contributed by atoms with Gasteiger partial charge in [-0.2, -0.15) is 0 Å². The zero-order valence-electron chi connectivity index (χ0n) is 12.2. The second-order valence-electron chi connectivity index (χ2n) is 6.32. The zero-order valence-corrected chi connectivity index (χ0v) is 12.2. The van der Waals surface area contributed by atoms with Crippen molar-refractivity contribution in [3.8, 4) is 0 Å². The van der Waals surface area contributed by atoms with Crippen LogP contribution in [0.5, 0.6) is 0 Å². The third kappa shape index (κ3) is 1.17. The van der Waals surface area contributed by atoms with Gasteiger partial charge in [-0.25, -0.2) is 0 Å². The average Bonchev–Trinajstić information content (AvgIpc) is 3.03. The highest BCUT2D eigenvalue weighted by Crippen LogP contribution is 2.68. The molecule has 0 aliphatic heterocycles. The van der Waals surface area contributed by atoms with Crippen LogP contribution in [0.3, 0.4) is 0 Å². The van der Waals surface area contributed by atoms with E-state index in [4.69, 9.17) is 0 Å². The number of fused-ring (bicyclic) bond motifs is 3. The van der Waals surface area contributed by atoms with Gasteiger partial charge in [-0.05, 0) is 35.8 Å². The lowest BCUT2D eigenvalue weighted by molar-refractivity contribution is 0.384. The highest BCUT2D eigenvalue weighted by molar-refractivity contribution is 5.68. The minimum absolute atomic E-state index is 0.331. The summed E-state index contributed by atoms with van der Waals surface area (Å²) in [5.74, 6) is 2.13. The summed E-state index contributed by atoms with van der Waals surface area (Å²) in [7, 11) is 0. The smallest absolute Gasteiger partial charge is 0.0405 e. The predicted octanol–water partition coefficient (Wildman–Crippen LogP) is 5.05. The molecule has 0 saturated heterocycles. The van der Waals surface area contributed by atoms with Gasteiger partial charge in [0.1, 0.15) is 0 Å². The standard InChI is InChI=1S/C18H24/c1-6-11(2)18-14(5)17(18)13(4)12(3)15-9-7-8-10-16(15)18/h7-13H,6H2,1-5H3. The van der Waals surface area contributed by atoms with Gasteiger partial charge < -0.3 is 0 Å². The van der Waals surface area contributed by atoms with Crippen LogP contribution in [0, 0.1) is 11.8 Å². The lowest BCUT2D eigenvalue weighted by atomic mass is 9.65. The molecule has 0 spiro atoms. The molecule has 4 atom stereocenters. The van der Waals surface area contributed by atoms with Gasteiger partial charge in [-0.3, -0.25) is 0 Å². The van der Waals surface area contributed by atoms with Crippen molar-refractivity contribution >= 4 is 0 Å². The molecule has 2 aliphatic carbocycles. The topological polar surface area (TPSA) is 0 Å². The summed E-state index contributed by atoms with van der Waals surface area (Å²) in [6.07, 6.45) is 1.26. The monoisotopic (exact) mass is 240 g/mol. The van der Waals surface area contributed by atoms with E-state index in [-0.39, 0.29) is 0 Å². The molecule has 0 heteroatoms. The molecular formula is C18H24. The molecule has 18 heavy (non-hydrogen) atoms. The van der Waals surface area contributed by atoms with E-state index in [1.54, 1.807) is 22.3 Å². The van der Waals surface area contributed by atoms with Crippen molar-refractivity contribution in [2.75, 3.05) is 0 Å². The number of hydrogen-bond acceptors (Lipinski definition) is 0. The third-order valence-corrected chi connectivity index (χ3v) is 5.79. The quantitative estimate of drug-likeness (QED) is 0.634. The first-order chi connectivity index (χ1) is 8.56. The van der Waals surface area contributed by atoms with Crippen LogP contribution in [0.4, 0.5) is 0 Å². The molecular weight excluding hydrogens is 216 g/mol. The van der Waals surface area contributed by atoms with Crippen LogP contribution in [0.2, 0.25) is 0 Å². The molecule has 3 rings (SSSR count). The Labute approximate surface area is 111 Å². The van der Waals surface area contributed by atoms with Gasteiger partial charge in [-0.1, -0.05) is 69.5 Å². The van der Waals surface area contributed by atoms with Crippen LogP contribution in [-0.2, 0) is 5.41 Å². The Morgan fingerprint density at radius 1 is 1.17 bits per heavy atom. The zero-order chi connectivity index (χ0) is 13.1. The number of rotatable bonds is 2. The molecule has 1 aromatic rings. The van der Waals surface area contributed by atoms with E-state index >= 15 is 0 Å². The molecule has 2 aliphatic rings. The van der Waals surface area contributed by atoms with Crippen LogP contribution in [0.25, 0.3) is 0 Å². The molecule has 0 nitrogen and oxygen atoms in total. The Bertz CT molecular complexity index is 523. The van der Waals surface area contributed by atoms with Gasteiger partial charge in [0.25, 0.3) is 0 Å². The van der Waals surface area contributed by atoms with Crippen LogP contribution in [-0.4, -0.2) is 0 Å². The van der Waals surface area contributed by atoms with E-state index in [1.807, 2.05) is 0 Å². The van der Waals surface area contributed by atoms with Gasteiger partial charge in [0, 0.05) is 5.41 Å². The Morgan fingerprint density at radius 3 is 2.50 bits per heavy atom. The van der Waals surface area contributed by atoms with Gasteiger partial charge in [0.2, 0.25) is 0 Å². The number of allylic oxidation sites excluding steroid dienone is 2. The molecule has 0 fully saturated rings. The van der Waals surface area contributed by atoms with Gasteiger partial charge >= 0.3 is 0 Å². The van der Waals surface area contributed by atoms with E-state index in [0.717, 1.165) is 5.92 Å². The second-order valence-corrected chi connectivity index (χ2v) is 6.32. The number of hydrogen-bond donors (Lipinski definition) is 0. The molecule has 96 valence electrons. The number of benzene rings is 1. The first kappa shape index (κ1) is 12.0. The maximum absolute atomic E-state index is 2.43. The lowest BCUT2D eigenvalue weighted by Gasteiger charge is -2.38. The first-order valence-corrected chi connectivity index (χ1v) is 7.37. The van der Waals surface area contributed by atoms with E-state index in [0.29, 0.717) is 17.3 Å². The fourth-order valence-electron chi connectivity index (χ4n) is 4.48. The van der Waals surface area contributed by atoms with Crippen LogP contribution >= 0.6 is 0 Å². The molecule has 0 amide bonds. The molecule has 0 bridgehead atoms. The van der Waals surface area contributed by atoms with Crippen molar-refractivity contribution in [2.45, 2.75) is 52.4 Å². The Balaban J connectivity index is 2.21. The second kappa shape index (κ2) is 3.73. The average molecular weight is 240 g/mol. The molecule has 0 N–H and O–H groups in total. The molecule has 0 aromatic heterocycles. The van der Waals surface area contributed by atoms with E-state index < -0.39 is 0 Å². The molecule has 0 heterocycles. The van der Waals surface area contributed by atoms with E-state index in [9.17, 15) is 0 Å². The summed E-state index contributed by atoms with van der Waals surface area (Å²) in [6.45, 7) is 11.9. The highest BCUT2D eigenvalue weighted by atomic mass is 14.6. The van der Waals surface area contributed by atoms with Crippen molar-refractivity contribution in [3.05, 3.63) is 46.5 Å². The minimum atomic E-state index is 0.331. The normalized spacial score (nSPS) is 34.9. The maximum Gasteiger partial charge on any atom is 0.0405 e. The minimum Gasteiger partial charge on any atom is -0.0651 e. The summed E-state index contributed by atoms with van der Waals surface area (Å²) in [4.78, 5) is 0. The van der Waals surface area contributed by atoms with E-state index in [2.05, 4.69) is 58.9 Å². The van der Waals surface area contributed by atoms with Gasteiger partial charge in [0.15, 0.2) is 0 Å². The molecule has 4 unspecified atom stereocenters. The highest BCUT2D eigenvalue weighted by Gasteiger charge is 2.60. The Hall–Kier alpha value is -1.04. The summed E-state index contributed by atoms with van der Waals surface area (Å²) >= 11 is 0. The van der Waals surface area contributed by atoms with Crippen molar-refractivity contribution in [3.63, 3.8) is 0 Å². The third-order valence-electron chi connectivity index (χ3n) is 5.79. The summed E-state index contributed by atoms with van der Waals surface area (Å²) < 4.78 is 0. The fourth-order valence-corrected chi connectivity index (χ4v) is 4.48. The summed E-state index contributed by atoms with van der Waals surface area (Å²) in [5.41, 5.74) is 6.95. The van der Waals surface area contributed by atoms with Crippen molar-refractivity contribution in [2.24, 2.45) is 11.8 Å². The van der Waals surface area contributed by atoms with Crippen molar-refractivity contribution in [1.29, 1.82) is 0 Å². The predicted molar refractivity (Wildman–Crippen MR) is 77.9 cm³/mol. The van der Waals surface area contributed by atoms with Crippen LogP contribution < -0.4 is 0 Å². The van der Waals surface area contributed by atoms with Crippen LogP contribution in [0.1, 0.15) is 58.1 Å². The van der Waals surface area contributed by atoms with Gasteiger partial charge in [0.05, 0.1) is 0 Å².